The quantitative estimate of drug-likeness (QED) is 0.403. The molecule has 1 amide bonds. The summed E-state index contributed by atoms with van der Waals surface area (Å²) in [7, 11) is 1.30. The maximum Gasteiger partial charge on any atom is 0.343 e. The lowest BCUT2D eigenvalue weighted by atomic mass is 10.2. The molecule has 0 aliphatic carbocycles. The summed E-state index contributed by atoms with van der Waals surface area (Å²) in [5.74, 6) is -0.116. The van der Waals surface area contributed by atoms with Gasteiger partial charge in [-0.25, -0.2) is 10.2 Å². The van der Waals surface area contributed by atoms with Crippen LogP contribution in [0.4, 0.5) is 0 Å². The van der Waals surface area contributed by atoms with Crippen molar-refractivity contribution in [3.63, 3.8) is 0 Å². The molecule has 2 rings (SSSR count). The number of rotatable bonds is 7. The Bertz CT molecular complexity index is 632. The van der Waals surface area contributed by atoms with Crippen LogP contribution in [0.25, 0.3) is 0 Å². The molecule has 1 aliphatic heterocycles. The number of hydrogen-bond acceptors (Lipinski definition) is 7. The van der Waals surface area contributed by atoms with Crippen molar-refractivity contribution in [2.45, 2.75) is 0 Å². The number of benzene rings is 1. The van der Waals surface area contributed by atoms with E-state index in [0.29, 0.717) is 30.0 Å². The normalized spacial score (nSPS) is 15.1. The van der Waals surface area contributed by atoms with Gasteiger partial charge < -0.3 is 14.2 Å². The standard InChI is InChI=1S/C16H20BrN3O5/c1-23-16(22)11-25-14-3-2-12(8-13(14)17)9-18-19-15(21)10-20-4-6-24-7-5-20/h2-3,8-9H,4-7,10-11H2,1H3,(H,19,21)/b18-9-. The van der Waals surface area contributed by atoms with Crippen molar-refractivity contribution >= 4 is 34.0 Å². The van der Waals surface area contributed by atoms with Gasteiger partial charge in [0, 0.05) is 13.1 Å². The molecule has 0 bridgehead atoms. The van der Waals surface area contributed by atoms with Crippen molar-refractivity contribution < 1.29 is 23.8 Å². The highest BCUT2D eigenvalue weighted by atomic mass is 79.9. The highest BCUT2D eigenvalue weighted by molar-refractivity contribution is 9.10. The largest absolute Gasteiger partial charge is 0.481 e. The van der Waals surface area contributed by atoms with E-state index >= 15 is 0 Å². The highest BCUT2D eigenvalue weighted by Crippen LogP contribution is 2.25. The van der Waals surface area contributed by atoms with Crippen molar-refractivity contribution in [2.24, 2.45) is 5.10 Å². The van der Waals surface area contributed by atoms with Gasteiger partial charge in [-0.1, -0.05) is 0 Å². The molecular formula is C16H20BrN3O5. The zero-order valence-corrected chi connectivity index (χ0v) is 15.5. The molecule has 0 spiro atoms. The number of carbonyl (C=O) groups is 2. The maximum absolute atomic E-state index is 11.8. The van der Waals surface area contributed by atoms with Gasteiger partial charge in [0.05, 0.1) is 37.6 Å². The lowest BCUT2D eigenvalue weighted by Crippen LogP contribution is -2.42. The predicted molar refractivity (Wildman–Crippen MR) is 94.6 cm³/mol. The second-order valence-corrected chi connectivity index (χ2v) is 6.09. The lowest BCUT2D eigenvalue weighted by molar-refractivity contribution is -0.142. The molecule has 0 radical (unpaired) electrons. The minimum absolute atomic E-state index is 0.167. The summed E-state index contributed by atoms with van der Waals surface area (Å²) in [5, 5.41) is 3.95. The van der Waals surface area contributed by atoms with Gasteiger partial charge in [-0.2, -0.15) is 5.10 Å². The molecule has 1 aromatic rings. The Morgan fingerprint density at radius 2 is 2.16 bits per heavy atom. The van der Waals surface area contributed by atoms with Crippen LogP contribution in [0.3, 0.4) is 0 Å². The van der Waals surface area contributed by atoms with Gasteiger partial charge in [0.2, 0.25) is 0 Å². The lowest BCUT2D eigenvalue weighted by Gasteiger charge is -2.25. The molecule has 1 heterocycles. The third kappa shape index (κ3) is 6.81. The molecule has 136 valence electrons. The number of carbonyl (C=O) groups excluding carboxylic acids is 2. The second kappa shape index (κ2) is 10.1. The Kier molecular flexibility index (Phi) is 7.83. The van der Waals surface area contributed by atoms with E-state index in [-0.39, 0.29) is 12.5 Å². The van der Waals surface area contributed by atoms with Gasteiger partial charge in [0.15, 0.2) is 6.61 Å². The zero-order valence-electron chi connectivity index (χ0n) is 13.9. The molecule has 8 nitrogen and oxygen atoms in total. The Hall–Kier alpha value is -1.97. The molecule has 0 atom stereocenters. The van der Waals surface area contributed by atoms with Crippen LogP contribution < -0.4 is 10.2 Å². The minimum atomic E-state index is -0.458. The fraction of sp³-hybridized carbons (Fsp3) is 0.438. The Balaban J connectivity index is 1.81. The third-order valence-corrected chi connectivity index (χ3v) is 4.02. The van der Waals surface area contributed by atoms with Crippen molar-refractivity contribution in [1.82, 2.24) is 10.3 Å². The number of halogens is 1. The summed E-state index contributed by atoms with van der Waals surface area (Å²) in [4.78, 5) is 24.9. The summed E-state index contributed by atoms with van der Waals surface area (Å²) < 4.78 is 15.7. The first kappa shape index (κ1) is 19.4. The number of nitrogens with one attached hydrogen (secondary N) is 1. The maximum atomic E-state index is 11.8. The van der Waals surface area contributed by atoms with Crippen LogP contribution in [0.1, 0.15) is 5.56 Å². The number of nitrogens with zero attached hydrogens (tertiary/aromatic N) is 2. The molecule has 0 saturated carbocycles. The number of hydrazone groups is 1. The second-order valence-electron chi connectivity index (χ2n) is 5.24. The minimum Gasteiger partial charge on any atom is -0.481 e. The molecule has 0 aromatic heterocycles. The van der Waals surface area contributed by atoms with Gasteiger partial charge in [0.25, 0.3) is 5.91 Å². The first-order valence-corrected chi connectivity index (χ1v) is 8.49. The molecule has 1 aromatic carbocycles. The number of esters is 1. The van der Waals surface area contributed by atoms with E-state index < -0.39 is 5.97 Å². The number of morpholine rings is 1. The fourth-order valence-electron chi connectivity index (χ4n) is 2.09. The topological polar surface area (TPSA) is 89.5 Å². The average Bonchev–Trinajstić information content (AvgIpc) is 2.61. The molecule has 1 saturated heterocycles. The van der Waals surface area contributed by atoms with E-state index in [9.17, 15) is 9.59 Å². The average molecular weight is 414 g/mol. The summed E-state index contributed by atoms with van der Waals surface area (Å²) in [5.41, 5.74) is 3.27. The zero-order chi connectivity index (χ0) is 18.1. The molecule has 25 heavy (non-hydrogen) atoms. The number of amides is 1. The van der Waals surface area contributed by atoms with E-state index in [2.05, 4.69) is 31.2 Å². The summed E-state index contributed by atoms with van der Waals surface area (Å²) >= 11 is 3.36. The fourth-order valence-corrected chi connectivity index (χ4v) is 2.60. The smallest absolute Gasteiger partial charge is 0.343 e. The molecule has 9 heteroatoms. The van der Waals surface area contributed by atoms with Crippen LogP contribution in [0, 0.1) is 0 Å². The molecular weight excluding hydrogens is 394 g/mol. The van der Waals surface area contributed by atoms with Gasteiger partial charge in [0.1, 0.15) is 5.75 Å². The van der Waals surface area contributed by atoms with E-state index in [4.69, 9.17) is 9.47 Å². The molecule has 1 N–H and O–H groups in total. The van der Waals surface area contributed by atoms with Gasteiger partial charge in [-0.05, 0) is 39.7 Å². The molecule has 1 fully saturated rings. The van der Waals surface area contributed by atoms with E-state index in [1.165, 1.54) is 13.3 Å². The predicted octanol–water partition coefficient (Wildman–Crippen LogP) is 0.783. The Morgan fingerprint density at radius 1 is 1.40 bits per heavy atom. The molecule has 0 unspecified atom stereocenters. The van der Waals surface area contributed by atoms with Crippen LogP contribution >= 0.6 is 15.9 Å². The summed E-state index contributed by atoms with van der Waals surface area (Å²) in [6.07, 6.45) is 1.53. The third-order valence-electron chi connectivity index (χ3n) is 3.40. The SMILES string of the molecule is COC(=O)COc1ccc(/C=N\NC(=O)CN2CCOCC2)cc1Br. The van der Waals surface area contributed by atoms with Crippen molar-refractivity contribution in [3.8, 4) is 5.75 Å². The van der Waals surface area contributed by atoms with Gasteiger partial charge in [-0.3, -0.25) is 9.69 Å². The van der Waals surface area contributed by atoms with Gasteiger partial charge in [-0.15, -0.1) is 0 Å². The number of methoxy groups -OCH3 is 1. The summed E-state index contributed by atoms with van der Waals surface area (Å²) in [6, 6.07) is 5.23. The van der Waals surface area contributed by atoms with Crippen molar-refractivity contribution in [3.05, 3.63) is 28.2 Å². The van der Waals surface area contributed by atoms with Crippen molar-refractivity contribution in [2.75, 3.05) is 46.6 Å². The first-order valence-electron chi connectivity index (χ1n) is 7.69. The number of ether oxygens (including phenoxy) is 3. The van der Waals surface area contributed by atoms with E-state index in [0.717, 1.165) is 18.7 Å². The first-order chi connectivity index (χ1) is 12.1. The highest BCUT2D eigenvalue weighted by Gasteiger charge is 2.13. The summed E-state index contributed by atoms with van der Waals surface area (Å²) in [6.45, 7) is 2.92. The molecule has 1 aliphatic rings. The van der Waals surface area contributed by atoms with Crippen molar-refractivity contribution in [1.29, 1.82) is 0 Å². The Labute approximate surface area is 154 Å². The van der Waals surface area contributed by atoms with E-state index in [1.807, 2.05) is 4.90 Å². The van der Waals surface area contributed by atoms with E-state index in [1.54, 1.807) is 18.2 Å². The Morgan fingerprint density at radius 3 is 2.84 bits per heavy atom. The van der Waals surface area contributed by atoms with Gasteiger partial charge >= 0.3 is 5.97 Å². The van der Waals surface area contributed by atoms with Crippen LogP contribution in [0.5, 0.6) is 5.75 Å². The van der Waals surface area contributed by atoms with Crippen LogP contribution in [0.2, 0.25) is 0 Å². The monoisotopic (exact) mass is 413 g/mol. The van der Waals surface area contributed by atoms with Crippen LogP contribution in [-0.4, -0.2) is 69.6 Å². The van der Waals surface area contributed by atoms with Crippen LogP contribution in [-0.2, 0) is 19.1 Å². The van der Waals surface area contributed by atoms with Crippen LogP contribution in [0.15, 0.2) is 27.8 Å². The number of hydrogen-bond donors (Lipinski definition) is 1.